The largest absolute Gasteiger partial charge is 0.454 e. The van der Waals surface area contributed by atoms with Crippen LogP contribution in [0.15, 0.2) is 42.5 Å². The molecule has 4 rings (SSSR count). The Bertz CT molecular complexity index is 827. The number of aliphatic hydroxyl groups is 1. The molecule has 0 saturated carbocycles. The standard InChI is InChI=1S/C18H18N2O3/c21-9-8-20-15-11-17-16(22-12-23-17)10-14(15)19-18(20)7-6-13-4-2-1-3-5-13/h1-5,10-11,21H,6-9,12H2. The predicted octanol–water partition coefficient (Wildman–Crippen LogP) is 2.54. The van der Waals surface area contributed by atoms with Gasteiger partial charge in [0.25, 0.3) is 0 Å². The SMILES string of the molecule is OCCn1c(CCc2ccccc2)nc2cc3c(cc21)OCO3. The van der Waals surface area contributed by atoms with Gasteiger partial charge in [-0.3, -0.25) is 0 Å². The highest BCUT2D eigenvalue weighted by atomic mass is 16.7. The molecule has 5 nitrogen and oxygen atoms in total. The van der Waals surface area contributed by atoms with E-state index in [9.17, 15) is 5.11 Å². The Morgan fingerprint density at radius 1 is 1.04 bits per heavy atom. The van der Waals surface area contributed by atoms with E-state index in [1.54, 1.807) is 0 Å². The minimum atomic E-state index is 0.0816. The minimum absolute atomic E-state index is 0.0816. The molecule has 1 aromatic heterocycles. The Kier molecular flexibility index (Phi) is 3.63. The third-order valence-electron chi connectivity index (χ3n) is 4.13. The summed E-state index contributed by atoms with van der Waals surface area (Å²) >= 11 is 0. The van der Waals surface area contributed by atoms with E-state index < -0.39 is 0 Å². The van der Waals surface area contributed by atoms with Gasteiger partial charge in [-0.25, -0.2) is 4.98 Å². The van der Waals surface area contributed by atoms with Crippen molar-refractivity contribution in [2.75, 3.05) is 13.4 Å². The van der Waals surface area contributed by atoms with Crippen molar-refractivity contribution in [3.05, 3.63) is 53.9 Å². The Morgan fingerprint density at radius 3 is 2.61 bits per heavy atom. The van der Waals surface area contributed by atoms with Gasteiger partial charge in [0.05, 0.1) is 17.6 Å². The van der Waals surface area contributed by atoms with Gasteiger partial charge in [-0.2, -0.15) is 0 Å². The highest BCUT2D eigenvalue weighted by Crippen LogP contribution is 2.36. The zero-order valence-electron chi connectivity index (χ0n) is 12.7. The van der Waals surface area contributed by atoms with Crippen molar-refractivity contribution in [3.8, 4) is 11.5 Å². The fraction of sp³-hybridized carbons (Fsp3) is 0.278. The van der Waals surface area contributed by atoms with Crippen molar-refractivity contribution >= 4 is 11.0 Å². The van der Waals surface area contributed by atoms with Crippen LogP contribution in [0.25, 0.3) is 11.0 Å². The molecule has 0 bridgehead atoms. The van der Waals surface area contributed by atoms with Gasteiger partial charge in [-0.05, 0) is 12.0 Å². The van der Waals surface area contributed by atoms with Gasteiger partial charge in [0.15, 0.2) is 11.5 Å². The Labute approximate surface area is 134 Å². The number of benzene rings is 2. The molecule has 0 unspecified atom stereocenters. The van der Waals surface area contributed by atoms with Crippen LogP contribution in [0.2, 0.25) is 0 Å². The maximum absolute atomic E-state index is 9.40. The number of aryl methyl sites for hydroxylation is 2. The lowest BCUT2D eigenvalue weighted by Gasteiger charge is -2.07. The van der Waals surface area contributed by atoms with Gasteiger partial charge in [0.1, 0.15) is 5.82 Å². The molecule has 2 heterocycles. The van der Waals surface area contributed by atoms with Crippen LogP contribution >= 0.6 is 0 Å². The molecule has 1 aliphatic rings. The smallest absolute Gasteiger partial charge is 0.231 e. The number of aliphatic hydroxyl groups excluding tert-OH is 1. The van der Waals surface area contributed by atoms with E-state index in [1.807, 2.05) is 30.3 Å². The van der Waals surface area contributed by atoms with E-state index in [4.69, 9.17) is 14.5 Å². The molecule has 0 spiro atoms. The van der Waals surface area contributed by atoms with E-state index in [-0.39, 0.29) is 13.4 Å². The average Bonchev–Trinajstić information content (AvgIpc) is 3.16. The molecule has 0 amide bonds. The lowest BCUT2D eigenvalue weighted by atomic mass is 10.1. The van der Waals surface area contributed by atoms with Crippen molar-refractivity contribution in [2.24, 2.45) is 0 Å². The van der Waals surface area contributed by atoms with Crippen LogP contribution in [0, 0.1) is 0 Å². The van der Waals surface area contributed by atoms with Gasteiger partial charge in [0.2, 0.25) is 6.79 Å². The van der Waals surface area contributed by atoms with Crippen LogP contribution in [-0.2, 0) is 19.4 Å². The summed E-state index contributed by atoms with van der Waals surface area (Å²) in [6, 6.07) is 14.2. The van der Waals surface area contributed by atoms with E-state index in [1.165, 1.54) is 5.56 Å². The lowest BCUT2D eigenvalue weighted by molar-refractivity contribution is 0.174. The summed E-state index contributed by atoms with van der Waals surface area (Å²) in [6.07, 6.45) is 1.74. The van der Waals surface area contributed by atoms with Gasteiger partial charge >= 0.3 is 0 Å². The van der Waals surface area contributed by atoms with Gasteiger partial charge in [-0.15, -0.1) is 0 Å². The van der Waals surface area contributed by atoms with Crippen LogP contribution in [0.1, 0.15) is 11.4 Å². The number of hydrogen-bond acceptors (Lipinski definition) is 4. The van der Waals surface area contributed by atoms with Crippen LogP contribution in [0.3, 0.4) is 0 Å². The maximum atomic E-state index is 9.40. The molecule has 1 aliphatic heterocycles. The monoisotopic (exact) mass is 310 g/mol. The van der Waals surface area contributed by atoms with Crippen molar-refractivity contribution in [1.82, 2.24) is 9.55 Å². The molecule has 118 valence electrons. The first kappa shape index (κ1) is 14.1. The first-order valence-corrected chi connectivity index (χ1v) is 7.78. The number of rotatable bonds is 5. The fourth-order valence-electron chi connectivity index (χ4n) is 3.01. The zero-order chi connectivity index (χ0) is 15.6. The minimum Gasteiger partial charge on any atom is -0.454 e. The summed E-state index contributed by atoms with van der Waals surface area (Å²) in [6.45, 7) is 0.862. The highest BCUT2D eigenvalue weighted by Gasteiger charge is 2.18. The third kappa shape index (κ3) is 2.64. The van der Waals surface area contributed by atoms with E-state index in [2.05, 4.69) is 16.7 Å². The van der Waals surface area contributed by atoms with Crippen LogP contribution in [0.4, 0.5) is 0 Å². The summed E-state index contributed by atoms with van der Waals surface area (Å²) < 4.78 is 12.9. The second-order valence-electron chi connectivity index (χ2n) is 5.58. The second kappa shape index (κ2) is 5.93. The molecule has 23 heavy (non-hydrogen) atoms. The number of nitrogens with zero attached hydrogens (tertiary/aromatic N) is 2. The number of fused-ring (bicyclic) bond motifs is 2. The summed E-state index contributed by atoms with van der Waals surface area (Å²) in [7, 11) is 0. The van der Waals surface area contributed by atoms with Gasteiger partial charge < -0.3 is 19.1 Å². The summed E-state index contributed by atoms with van der Waals surface area (Å²) in [4.78, 5) is 4.74. The Balaban J connectivity index is 1.69. The quantitative estimate of drug-likeness (QED) is 0.787. The Morgan fingerprint density at radius 2 is 1.83 bits per heavy atom. The fourth-order valence-corrected chi connectivity index (χ4v) is 3.01. The number of ether oxygens (including phenoxy) is 2. The molecule has 0 radical (unpaired) electrons. The third-order valence-corrected chi connectivity index (χ3v) is 4.13. The molecule has 2 aromatic carbocycles. The van der Waals surface area contributed by atoms with Crippen LogP contribution < -0.4 is 9.47 Å². The zero-order valence-corrected chi connectivity index (χ0v) is 12.7. The molecule has 3 aromatic rings. The van der Waals surface area contributed by atoms with Crippen molar-refractivity contribution < 1.29 is 14.6 Å². The highest BCUT2D eigenvalue weighted by molar-refractivity contribution is 5.81. The molecule has 5 heteroatoms. The van der Waals surface area contributed by atoms with Crippen molar-refractivity contribution in [3.63, 3.8) is 0 Å². The molecule has 0 fully saturated rings. The Hall–Kier alpha value is -2.53. The number of hydrogen-bond donors (Lipinski definition) is 1. The van der Waals surface area contributed by atoms with Crippen molar-refractivity contribution in [1.29, 1.82) is 0 Å². The topological polar surface area (TPSA) is 56.5 Å². The van der Waals surface area contributed by atoms with Crippen molar-refractivity contribution in [2.45, 2.75) is 19.4 Å². The first-order valence-electron chi connectivity index (χ1n) is 7.78. The van der Waals surface area contributed by atoms with E-state index in [0.29, 0.717) is 6.54 Å². The predicted molar refractivity (Wildman–Crippen MR) is 86.8 cm³/mol. The van der Waals surface area contributed by atoms with E-state index in [0.717, 1.165) is 41.2 Å². The summed E-state index contributed by atoms with van der Waals surface area (Å²) in [5.41, 5.74) is 3.14. The van der Waals surface area contributed by atoms with Crippen LogP contribution in [-0.4, -0.2) is 28.1 Å². The molecule has 0 atom stereocenters. The normalized spacial score (nSPS) is 12.9. The second-order valence-corrected chi connectivity index (χ2v) is 5.58. The molecular weight excluding hydrogens is 292 g/mol. The molecule has 0 aliphatic carbocycles. The number of imidazole rings is 1. The van der Waals surface area contributed by atoms with Gasteiger partial charge in [-0.1, -0.05) is 30.3 Å². The summed E-state index contributed by atoms with van der Waals surface area (Å²) in [5.74, 6) is 2.45. The first-order chi connectivity index (χ1) is 11.3. The molecule has 1 N–H and O–H groups in total. The maximum Gasteiger partial charge on any atom is 0.231 e. The lowest BCUT2D eigenvalue weighted by Crippen LogP contribution is -2.08. The van der Waals surface area contributed by atoms with Gasteiger partial charge in [0, 0.05) is 25.1 Å². The van der Waals surface area contributed by atoms with Crippen LogP contribution in [0.5, 0.6) is 11.5 Å². The molecule has 0 saturated heterocycles. The molecular formula is C18H18N2O3. The average molecular weight is 310 g/mol. The number of aromatic nitrogens is 2. The van der Waals surface area contributed by atoms with E-state index >= 15 is 0 Å². The summed E-state index contributed by atoms with van der Waals surface area (Å²) in [5, 5.41) is 9.40.